The minimum Gasteiger partial charge on any atom is -0.829 e. The van der Waals surface area contributed by atoms with Crippen LogP contribution in [0.3, 0.4) is 0 Å². The molecule has 19 heteroatoms. The average Bonchev–Trinajstić information content (AvgIpc) is 2.96. The number of nitrogens with one attached hydrogen (secondary N) is 2. The van der Waals surface area contributed by atoms with Gasteiger partial charge in [0, 0.05) is 34.1 Å². The smallest absolute Gasteiger partial charge is 0.219 e. The fraction of sp³-hybridized carbons (Fsp3) is 0.880. The topological polar surface area (TPSA) is 271 Å². The Bertz CT molecular complexity index is 1000. The third-order valence-corrected chi connectivity index (χ3v) is 11.0. The van der Waals surface area contributed by atoms with E-state index in [1.807, 2.05) is 0 Å². The lowest BCUT2D eigenvalue weighted by atomic mass is 9.98. The number of amides is 3. The van der Waals surface area contributed by atoms with E-state index in [-0.39, 0.29) is 0 Å². The van der Waals surface area contributed by atoms with Crippen molar-refractivity contribution in [2.45, 2.75) is 109 Å². The molecule has 9 N–H and O–H groups in total. The Morgan fingerprint density at radius 1 is 0.705 bits per heavy atom. The molecule has 0 radical (unpaired) electrons. The second-order valence-electron chi connectivity index (χ2n) is 10.9. The molecule has 0 bridgehead atoms. The lowest BCUT2D eigenvalue weighted by Crippen LogP contribution is -2.68. The van der Waals surface area contributed by atoms with E-state index in [4.69, 9.17) is 14.2 Å². The molecule has 0 unspecified atom stereocenters. The first-order valence-electron chi connectivity index (χ1n) is 13.9. The van der Waals surface area contributed by atoms with Crippen molar-refractivity contribution in [3.05, 3.63) is 0 Å². The highest BCUT2D eigenvalue weighted by Crippen LogP contribution is 2.42. The van der Waals surface area contributed by atoms with Crippen LogP contribution < -0.4 is 15.7 Å². The molecule has 3 heterocycles. The monoisotopic (exact) mass is 672 g/mol. The predicted octanol–water partition coefficient (Wildman–Crippen LogP) is -6.00. The van der Waals surface area contributed by atoms with Crippen molar-refractivity contribution in [1.82, 2.24) is 15.5 Å². The van der Waals surface area contributed by atoms with Gasteiger partial charge >= 0.3 is 0 Å². The maximum Gasteiger partial charge on any atom is 0.219 e. The zero-order valence-corrected chi connectivity index (χ0v) is 26.2. The third-order valence-electron chi connectivity index (χ3n) is 7.82. The molecule has 0 aromatic carbocycles. The van der Waals surface area contributed by atoms with Crippen molar-refractivity contribution in [2.24, 2.45) is 0 Å². The molecule has 0 spiro atoms. The summed E-state index contributed by atoms with van der Waals surface area (Å²) in [6.45, 7) is 1.53. The van der Waals surface area contributed by atoms with E-state index >= 15 is 0 Å². The highest BCUT2D eigenvalue weighted by Gasteiger charge is 2.53. The molecule has 0 saturated carbocycles. The van der Waals surface area contributed by atoms with E-state index in [9.17, 15) is 55.2 Å². The summed E-state index contributed by atoms with van der Waals surface area (Å²) < 4.78 is 17.3. The summed E-state index contributed by atoms with van der Waals surface area (Å²) in [5.74, 6) is -1.66. The zero-order valence-electron chi connectivity index (χ0n) is 24.5. The molecule has 15 atom stereocenters. The van der Waals surface area contributed by atoms with E-state index in [0.29, 0.717) is 0 Å². The Hall–Kier alpha value is -1.33. The molecule has 254 valence electrons. The number of hydrogen-bond donors (Lipinski definition) is 9. The standard InChI is InChI=1S/C25H42N3O14S2/c1-8(32)26-14-18(36)17(35)11(5-29)41-24(14)43-21-13(7-31)42-25(15(19(21)37)27-9(2)33)44-22-12(6-30)40-23(39)16(20(22)38)28(4)10(3)34/h11-25,29-31,35-38H,5-7H2,1-4H3,(H,26,32)(H,27,33)/q-1/t11-,12-,13-,14-,15-,16-,17-,18-,19-,20-,21-,22-,23+,24+,25+/m1/s1. The number of rotatable bonds is 10. The summed E-state index contributed by atoms with van der Waals surface area (Å²) in [5, 5.41) is 89.2. The minimum atomic E-state index is -1.88. The van der Waals surface area contributed by atoms with E-state index in [1.165, 1.54) is 27.8 Å². The molecule has 0 aliphatic carbocycles. The first-order chi connectivity index (χ1) is 20.7. The van der Waals surface area contributed by atoms with Crippen molar-refractivity contribution in [2.75, 3.05) is 26.9 Å². The molecule has 3 aliphatic rings. The zero-order chi connectivity index (χ0) is 33.0. The maximum atomic E-state index is 12.7. The molecular formula is C25H42N3O14S2-. The van der Waals surface area contributed by atoms with Crippen molar-refractivity contribution >= 4 is 41.2 Å². The number of likely N-dealkylation sites (N-methyl/N-ethyl adjacent to an activating group) is 1. The third kappa shape index (κ3) is 8.14. The van der Waals surface area contributed by atoms with E-state index in [1.54, 1.807) is 0 Å². The lowest BCUT2D eigenvalue weighted by Gasteiger charge is -2.52. The SMILES string of the molecule is CC(=O)N[C@@H]1[C@@H](O)[C@H](S[C@@H]2O[C@H](CO)[C@@H](O)[C@H](O)[C@H]2NC(C)=O)[C@@H](CO)O[C@H]1S[C@H]1[C@H](O)[C@@H](N(C)C(C)=O)[C@@H]([O-])O[C@@H]1CO. The highest BCUT2D eigenvalue weighted by atomic mass is 32.2. The number of hydrogen-bond acceptors (Lipinski definition) is 16. The van der Waals surface area contributed by atoms with Gasteiger partial charge in [-0.15, -0.1) is 23.5 Å². The van der Waals surface area contributed by atoms with Gasteiger partial charge in [-0.1, -0.05) is 0 Å². The van der Waals surface area contributed by atoms with E-state index in [2.05, 4.69) is 10.6 Å². The van der Waals surface area contributed by atoms with Crippen molar-refractivity contribution < 1.29 is 69.4 Å². The van der Waals surface area contributed by atoms with Crippen LogP contribution in [-0.2, 0) is 28.6 Å². The molecule has 3 saturated heterocycles. The van der Waals surface area contributed by atoms with Crippen LogP contribution in [0, 0.1) is 0 Å². The minimum absolute atomic E-state index is 0.519. The number of carbonyl (C=O) groups excluding carboxylic acids is 3. The molecule has 3 rings (SSSR count). The van der Waals surface area contributed by atoms with Crippen LogP contribution in [0.15, 0.2) is 0 Å². The van der Waals surface area contributed by atoms with Gasteiger partial charge in [0.2, 0.25) is 17.7 Å². The lowest BCUT2D eigenvalue weighted by molar-refractivity contribution is -0.519. The van der Waals surface area contributed by atoms with Gasteiger partial charge in [-0.05, 0) is 0 Å². The summed E-state index contributed by atoms with van der Waals surface area (Å²) in [5.41, 5.74) is -2.36. The quantitative estimate of drug-likeness (QED) is 0.104. The van der Waals surface area contributed by atoms with Crippen LogP contribution in [-0.4, -0.2) is 174 Å². The first-order valence-corrected chi connectivity index (χ1v) is 15.8. The molecule has 0 aromatic heterocycles. The Morgan fingerprint density at radius 2 is 1.14 bits per heavy atom. The van der Waals surface area contributed by atoms with Gasteiger partial charge in [0.1, 0.15) is 29.2 Å². The number of nitrogens with zero attached hydrogens (tertiary/aromatic N) is 1. The van der Waals surface area contributed by atoms with Gasteiger partial charge in [0.15, 0.2) is 0 Å². The van der Waals surface area contributed by atoms with Crippen LogP contribution >= 0.6 is 23.5 Å². The Morgan fingerprint density at radius 3 is 1.59 bits per heavy atom. The van der Waals surface area contributed by atoms with E-state index < -0.39 is 126 Å². The van der Waals surface area contributed by atoms with Gasteiger partial charge in [0.05, 0.1) is 72.9 Å². The largest absolute Gasteiger partial charge is 0.829 e. The Labute approximate surface area is 262 Å². The number of ether oxygens (including phenoxy) is 3. The summed E-state index contributed by atoms with van der Waals surface area (Å²) in [6.07, 6.45) is -11.7. The van der Waals surface area contributed by atoms with Crippen LogP contribution in [0.25, 0.3) is 0 Å². The number of aliphatic hydroxyl groups is 7. The summed E-state index contributed by atoms with van der Waals surface area (Å²) in [6, 6.07) is -3.76. The van der Waals surface area contributed by atoms with E-state index in [0.717, 1.165) is 28.4 Å². The fourth-order valence-electron chi connectivity index (χ4n) is 5.48. The molecule has 17 nitrogen and oxygen atoms in total. The van der Waals surface area contributed by atoms with Crippen molar-refractivity contribution in [1.29, 1.82) is 0 Å². The van der Waals surface area contributed by atoms with Gasteiger partial charge in [0.25, 0.3) is 0 Å². The summed E-state index contributed by atoms with van der Waals surface area (Å²) in [7, 11) is 1.31. The van der Waals surface area contributed by atoms with Crippen LogP contribution in [0.4, 0.5) is 0 Å². The second kappa shape index (κ2) is 16.0. The molecule has 3 fully saturated rings. The highest BCUT2D eigenvalue weighted by molar-refractivity contribution is 8.01. The van der Waals surface area contributed by atoms with Gasteiger partial charge in [-0.3, -0.25) is 14.4 Å². The summed E-state index contributed by atoms with van der Waals surface area (Å²) >= 11 is 1.66. The summed E-state index contributed by atoms with van der Waals surface area (Å²) in [4.78, 5) is 37.1. The average molecular weight is 673 g/mol. The fourth-order valence-corrected chi connectivity index (χ4v) is 8.61. The normalized spacial score (nSPS) is 42.8. The Balaban J connectivity index is 1.91. The number of aliphatic hydroxyl groups excluding tert-OH is 7. The van der Waals surface area contributed by atoms with Crippen molar-refractivity contribution in [3.8, 4) is 0 Å². The first kappa shape index (κ1) is 37.1. The molecular weight excluding hydrogens is 630 g/mol. The van der Waals surface area contributed by atoms with Crippen LogP contribution in [0.1, 0.15) is 20.8 Å². The number of thioether (sulfide) groups is 2. The predicted molar refractivity (Wildman–Crippen MR) is 151 cm³/mol. The van der Waals surface area contributed by atoms with Gasteiger partial charge in [-0.2, -0.15) is 0 Å². The molecule has 44 heavy (non-hydrogen) atoms. The molecule has 3 amide bonds. The van der Waals surface area contributed by atoms with Crippen LogP contribution in [0.2, 0.25) is 0 Å². The Kier molecular flexibility index (Phi) is 13.5. The number of carbonyl (C=O) groups is 3. The maximum absolute atomic E-state index is 12.7. The van der Waals surface area contributed by atoms with Crippen LogP contribution in [0.5, 0.6) is 0 Å². The van der Waals surface area contributed by atoms with Crippen molar-refractivity contribution in [3.63, 3.8) is 0 Å². The van der Waals surface area contributed by atoms with Gasteiger partial charge < -0.3 is 70.6 Å². The molecule has 3 aliphatic heterocycles. The second-order valence-corrected chi connectivity index (χ2v) is 13.5. The molecule has 0 aromatic rings. The van der Waals surface area contributed by atoms with Gasteiger partial charge in [-0.25, -0.2) is 0 Å².